The second-order valence-electron chi connectivity index (χ2n) is 7.32. The van der Waals surface area contributed by atoms with E-state index in [0.717, 1.165) is 32.1 Å². The zero-order chi connectivity index (χ0) is 20.0. The Kier molecular flexibility index (Phi) is 7.13. The summed E-state index contributed by atoms with van der Waals surface area (Å²) < 4.78 is 33.1. The summed E-state index contributed by atoms with van der Waals surface area (Å²) in [6, 6.07) is 4.67. The first-order chi connectivity index (χ1) is 13.5. The predicted octanol–water partition coefficient (Wildman–Crippen LogP) is 3.49. The lowest BCUT2D eigenvalue weighted by molar-refractivity contribution is 0.0953. The summed E-state index contributed by atoms with van der Waals surface area (Å²) in [6.07, 6.45) is 9.54. The van der Waals surface area contributed by atoms with Crippen LogP contribution in [0.15, 0.2) is 34.7 Å². The third kappa shape index (κ3) is 4.94. The monoisotopic (exact) mass is 406 g/mol. The van der Waals surface area contributed by atoms with Gasteiger partial charge >= 0.3 is 0 Å². The van der Waals surface area contributed by atoms with Gasteiger partial charge in [-0.15, -0.1) is 0 Å². The Hall–Kier alpha value is -1.86. The quantitative estimate of drug-likeness (QED) is 0.671. The third-order valence-corrected chi connectivity index (χ3v) is 7.23. The molecule has 0 saturated carbocycles. The van der Waals surface area contributed by atoms with Crippen molar-refractivity contribution >= 4 is 15.9 Å². The highest BCUT2D eigenvalue weighted by Crippen LogP contribution is 2.30. The third-order valence-electron chi connectivity index (χ3n) is 5.31. The van der Waals surface area contributed by atoms with Crippen molar-refractivity contribution in [3.8, 4) is 5.75 Å². The molecule has 154 valence electrons. The first kappa shape index (κ1) is 20.9. The van der Waals surface area contributed by atoms with E-state index < -0.39 is 10.0 Å². The van der Waals surface area contributed by atoms with Crippen molar-refractivity contribution in [1.29, 1.82) is 0 Å². The molecule has 0 spiro atoms. The first-order valence-electron chi connectivity index (χ1n) is 10.3. The van der Waals surface area contributed by atoms with Gasteiger partial charge in [-0.05, 0) is 70.1 Å². The van der Waals surface area contributed by atoms with E-state index in [9.17, 15) is 13.2 Å². The lowest BCUT2D eigenvalue weighted by atomic mass is 9.97. The van der Waals surface area contributed by atoms with Gasteiger partial charge in [0, 0.05) is 25.2 Å². The summed E-state index contributed by atoms with van der Waals surface area (Å²) in [6.45, 7) is 3.76. The fourth-order valence-corrected chi connectivity index (χ4v) is 5.44. The number of hydrogen-bond acceptors (Lipinski definition) is 4. The number of benzene rings is 1. The molecule has 0 radical (unpaired) electrons. The Morgan fingerprint density at radius 1 is 1.18 bits per heavy atom. The van der Waals surface area contributed by atoms with Gasteiger partial charge in [0.2, 0.25) is 10.0 Å². The summed E-state index contributed by atoms with van der Waals surface area (Å²) in [5.41, 5.74) is 1.74. The average molecular weight is 407 g/mol. The van der Waals surface area contributed by atoms with E-state index in [0.29, 0.717) is 37.6 Å². The molecule has 1 aromatic carbocycles. The van der Waals surface area contributed by atoms with Crippen molar-refractivity contribution in [2.24, 2.45) is 0 Å². The number of nitrogens with zero attached hydrogens (tertiary/aromatic N) is 1. The molecule has 1 saturated heterocycles. The smallest absolute Gasteiger partial charge is 0.251 e. The highest BCUT2D eigenvalue weighted by molar-refractivity contribution is 7.89. The van der Waals surface area contributed by atoms with Crippen molar-refractivity contribution in [2.75, 3.05) is 26.2 Å². The second kappa shape index (κ2) is 9.56. The topological polar surface area (TPSA) is 75.7 Å². The number of nitrogens with one attached hydrogen (secondary N) is 1. The maximum atomic E-state index is 13.0. The van der Waals surface area contributed by atoms with Crippen LogP contribution in [0.2, 0.25) is 0 Å². The van der Waals surface area contributed by atoms with Crippen molar-refractivity contribution in [3.63, 3.8) is 0 Å². The van der Waals surface area contributed by atoms with E-state index in [4.69, 9.17) is 4.74 Å². The number of sulfonamides is 1. The molecule has 0 bridgehead atoms. The summed E-state index contributed by atoms with van der Waals surface area (Å²) >= 11 is 0. The van der Waals surface area contributed by atoms with Crippen molar-refractivity contribution in [2.45, 2.75) is 56.8 Å². The maximum absolute atomic E-state index is 13.0. The molecular weight excluding hydrogens is 376 g/mol. The molecule has 1 amide bonds. The number of carbonyl (C=O) groups excluding carboxylic acids is 1. The number of hydrogen-bond donors (Lipinski definition) is 1. The summed E-state index contributed by atoms with van der Waals surface area (Å²) in [5.74, 6) is 0.0515. The van der Waals surface area contributed by atoms with Gasteiger partial charge < -0.3 is 10.1 Å². The standard InChI is InChI=1S/C21H30N2O4S/c1-2-27-19-11-10-18(16-20(19)28(25,26)23-14-6-7-15-23)21(24)22-13-12-17-8-4-3-5-9-17/h8,10-11,16H,2-7,9,12-15H2,1H3,(H,22,24). The minimum Gasteiger partial charge on any atom is -0.492 e. The number of rotatable bonds is 8. The Morgan fingerprint density at radius 3 is 2.64 bits per heavy atom. The minimum atomic E-state index is -3.67. The molecule has 3 rings (SSSR count). The van der Waals surface area contributed by atoms with Crippen LogP contribution in [0.5, 0.6) is 5.75 Å². The van der Waals surface area contributed by atoms with Gasteiger partial charge in [-0.3, -0.25) is 4.79 Å². The molecule has 2 aliphatic rings. The Labute approximate surface area is 168 Å². The largest absolute Gasteiger partial charge is 0.492 e. The maximum Gasteiger partial charge on any atom is 0.251 e. The van der Waals surface area contributed by atoms with E-state index in [1.54, 1.807) is 12.1 Å². The van der Waals surface area contributed by atoms with Crippen LogP contribution in [0.25, 0.3) is 0 Å². The van der Waals surface area contributed by atoms with Gasteiger partial charge in [-0.2, -0.15) is 4.31 Å². The molecule has 28 heavy (non-hydrogen) atoms. The van der Waals surface area contributed by atoms with E-state index >= 15 is 0 Å². The Balaban J connectivity index is 1.74. The zero-order valence-corrected chi connectivity index (χ0v) is 17.4. The number of amides is 1. The van der Waals surface area contributed by atoms with Gasteiger partial charge in [-0.25, -0.2) is 8.42 Å². The predicted molar refractivity (Wildman–Crippen MR) is 109 cm³/mol. The molecule has 1 fully saturated rings. The zero-order valence-electron chi connectivity index (χ0n) is 16.6. The molecule has 1 aliphatic heterocycles. The van der Waals surface area contributed by atoms with E-state index in [1.165, 1.54) is 28.8 Å². The normalized spacial score (nSPS) is 18.0. The van der Waals surface area contributed by atoms with Crippen molar-refractivity contribution in [1.82, 2.24) is 9.62 Å². The average Bonchev–Trinajstić information content (AvgIpc) is 3.25. The SMILES string of the molecule is CCOc1ccc(C(=O)NCCC2=CCCCC2)cc1S(=O)(=O)N1CCCC1. The highest BCUT2D eigenvalue weighted by atomic mass is 32.2. The van der Waals surface area contributed by atoms with Gasteiger partial charge in [0.25, 0.3) is 5.91 Å². The van der Waals surface area contributed by atoms with Crippen LogP contribution < -0.4 is 10.1 Å². The molecule has 6 nitrogen and oxygen atoms in total. The summed E-state index contributed by atoms with van der Waals surface area (Å²) in [7, 11) is -3.67. The van der Waals surface area contributed by atoms with Gasteiger partial charge in [0.15, 0.2) is 0 Å². The van der Waals surface area contributed by atoms with Crippen molar-refractivity contribution < 1.29 is 17.9 Å². The van der Waals surface area contributed by atoms with Crippen LogP contribution in [0, 0.1) is 0 Å². The van der Waals surface area contributed by atoms with Crippen molar-refractivity contribution in [3.05, 3.63) is 35.4 Å². The number of allylic oxidation sites excluding steroid dienone is 1. The van der Waals surface area contributed by atoms with Gasteiger partial charge in [0.05, 0.1) is 6.61 Å². The van der Waals surface area contributed by atoms with Crippen LogP contribution in [0.4, 0.5) is 0 Å². The molecule has 1 N–H and O–H groups in total. The van der Waals surface area contributed by atoms with Crippen LogP contribution in [-0.4, -0.2) is 44.9 Å². The second-order valence-corrected chi connectivity index (χ2v) is 9.23. The van der Waals surface area contributed by atoms with Crippen LogP contribution >= 0.6 is 0 Å². The molecule has 1 aliphatic carbocycles. The summed E-state index contributed by atoms with van der Waals surface area (Å²) in [5, 5.41) is 2.92. The van der Waals surface area contributed by atoms with E-state index in [-0.39, 0.29) is 10.8 Å². The molecule has 0 aromatic heterocycles. The number of ether oxygens (including phenoxy) is 1. The minimum absolute atomic E-state index is 0.0823. The van der Waals surface area contributed by atoms with E-state index in [2.05, 4.69) is 11.4 Å². The van der Waals surface area contributed by atoms with Crippen LogP contribution in [-0.2, 0) is 10.0 Å². The van der Waals surface area contributed by atoms with Crippen LogP contribution in [0.1, 0.15) is 62.2 Å². The fraction of sp³-hybridized carbons (Fsp3) is 0.571. The molecular formula is C21H30N2O4S. The van der Waals surface area contributed by atoms with E-state index in [1.807, 2.05) is 6.92 Å². The summed E-state index contributed by atoms with van der Waals surface area (Å²) in [4.78, 5) is 12.7. The molecule has 1 aromatic rings. The Morgan fingerprint density at radius 2 is 1.96 bits per heavy atom. The molecule has 0 atom stereocenters. The highest BCUT2D eigenvalue weighted by Gasteiger charge is 2.30. The Bertz CT molecular complexity index is 827. The molecule has 0 unspecified atom stereocenters. The fourth-order valence-electron chi connectivity index (χ4n) is 3.76. The lowest BCUT2D eigenvalue weighted by Gasteiger charge is -2.19. The van der Waals surface area contributed by atoms with Gasteiger partial charge in [0.1, 0.15) is 10.6 Å². The van der Waals surface area contributed by atoms with Gasteiger partial charge in [-0.1, -0.05) is 11.6 Å². The lowest BCUT2D eigenvalue weighted by Crippen LogP contribution is -2.29. The number of carbonyl (C=O) groups is 1. The molecule has 1 heterocycles. The van der Waals surface area contributed by atoms with Crippen LogP contribution in [0.3, 0.4) is 0 Å². The molecule has 7 heteroatoms. The first-order valence-corrected chi connectivity index (χ1v) is 11.7.